The van der Waals surface area contributed by atoms with E-state index in [1.807, 2.05) is 153 Å². The molecule has 1 heterocycles. The number of benzene rings is 5. The number of ether oxygens (including phenoxy) is 4. The Morgan fingerprint density at radius 1 is 0.582 bits per heavy atom. The molecule has 5 atom stereocenters. The van der Waals surface area contributed by atoms with E-state index in [-0.39, 0.29) is 24.3 Å². The van der Waals surface area contributed by atoms with Crippen molar-refractivity contribution in [2.75, 3.05) is 26.3 Å². The molecule has 0 aliphatic carbocycles. The highest BCUT2D eigenvalue weighted by Crippen LogP contribution is 2.39. The van der Waals surface area contributed by atoms with Gasteiger partial charge < -0.3 is 44.2 Å². The Balaban J connectivity index is 1.34. The number of nitrogens with zero attached hydrogens (tertiary/aromatic N) is 1. The van der Waals surface area contributed by atoms with Gasteiger partial charge in [-0.05, 0) is 116 Å². The highest BCUT2D eigenvalue weighted by molar-refractivity contribution is 6.74. The third-order valence-corrected chi connectivity index (χ3v) is 18.8. The SMILES string of the molecule is CC(C)C(NC(=O)C(Cc1ccc(OCc2ccccc2)cc1)CC(O[Si](C)(C)C(C)(C)C)C(Cc1ccc(OCc2ccccc2)cc1)NC(=O)OC(C)(C)C)C(=O)NC(Cc1ccccc1)C(=O)NC(=O)N1CCOCC1. The number of urea groups is 1. The van der Waals surface area contributed by atoms with E-state index in [0.717, 1.165) is 27.8 Å². The third kappa shape index (κ3) is 20.0. The van der Waals surface area contributed by atoms with E-state index in [1.54, 1.807) is 20.8 Å². The maximum Gasteiger partial charge on any atom is 0.407 e. The molecule has 1 aliphatic heterocycles. The van der Waals surface area contributed by atoms with Gasteiger partial charge in [-0.2, -0.15) is 0 Å². The summed E-state index contributed by atoms with van der Waals surface area (Å²) in [6, 6.07) is 40.8. The summed E-state index contributed by atoms with van der Waals surface area (Å²) in [5.41, 5.74) is 3.73. The average Bonchev–Trinajstić information content (AvgIpc) is 3.42. The summed E-state index contributed by atoms with van der Waals surface area (Å²) in [7, 11) is -2.68. The van der Waals surface area contributed by atoms with Gasteiger partial charge >= 0.3 is 12.1 Å². The lowest BCUT2D eigenvalue weighted by molar-refractivity contribution is -0.134. The molecule has 6 rings (SSSR count). The molecule has 6 amide bonds. The van der Waals surface area contributed by atoms with Gasteiger partial charge in [0.15, 0.2) is 8.32 Å². The van der Waals surface area contributed by atoms with Gasteiger partial charge in [0.05, 0.1) is 25.4 Å². The molecule has 4 N–H and O–H groups in total. The quantitative estimate of drug-likeness (QED) is 0.0434. The first kappa shape index (κ1) is 61.2. The van der Waals surface area contributed by atoms with Crippen molar-refractivity contribution in [2.45, 2.75) is 142 Å². The van der Waals surface area contributed by atoms with Crippen LogP contribution in [0.15, 0.2) is 140 Å². The first-order valence-electron chi connectivity index (χ1n) is 27.5. The summed E-state index contributed by atoms with van der Waals surface area (Å²) in [4.78, 5) is 72.8. The fourth-order valence-corrected chi connectivity index (χ4v) is 10.1. The molecule has 79 heavy (non-hydrogen) atoms. The smallest absolute Gasteiger partial charge is 0.407 e. The first-order chi connectivity index (χ1) is 37.5. The summed E-state index contributed by atoms with van der Waals surface area (Å²) in [6.07, 6.45) is -0.629. The fourth-order valence-electron chi connectivity index (χ4n) is 8.78. The van der Waals surface area contributed by atoms with Crippen LogP contribution in [0.3, 0.4) is 0 Å². The number of carbonyl (C=O) groups is 5. The number of amides is 6. The standard InChI is InChI=1S/C63H83N5O10Si/c1-44(2)56(59(71)64-54(40-45-20-14-11-15-21-45)58(70)67-60(72)68-34-36-74-37-35-68)66-57(69)50(38-46-26-30-51(31-27-46)75-42-48-22-16-12-17-23-48)41-55(78-79(9,10)63(6,7)8)53(65-61(73)77-62(3,4)5)39-47-28-32-52(33-29-47)76-43-49-24-18-13-19-25-49/h11-33,44,50,53-56H,34-43H2,1-10H3,(H,64,71)(H,65,73)(H,66,69)(H,67,70,72). The second kappa shape index (κ2) is 28.7. The van der Waals surface area contributed by atoms with Gasteiger partial charge in [0.25, 0.3) is 5.91 Å². The van der Waals surface area contributed by atoms with Crippen molar-refractivity contribution >= 4 is 38.2 Å². The van der Waals surface area contributed by atoms with E-state index < -0.39 is 79.8 Å². The van der Waals surface area contributed by atoms with E-state index in [1.165, 1.54) is 4.90 Å². The summed E-state index contributed by atoms with van der Waals surface area (Å²) in [5.74, 6) is -1.63. The van der Waals surface area contributed by atoms with Crippen LogP contribution in [0.4, 0.5) is 9.59 Å². The predicted octanol–water partition coefficient (Wildman–Crippen LogP) is 10.4. The van der Waals surface area contributed by atoms with Crippen LogP contribution in [0, 0.1) is 11.8 Å². The van der Waals surface area contributed by atoms with Gasteiger partial charge in [-0.3, -0.25) is 19.7 Å². The van der Waals surface area contributed by atoms with Crippen molar-refractivity contribution in [3.8, 4) is 11.5 Å². The Kier molecular flexibility index (Phi) is 22.3. The zero-order valence-electron chi connectivity index (χ0n) is 47.8. The van der Waals surface area contributed by atoms with Gasteiger partial charge in [0.2, 0.25) is 11.8 Å². The molecule has 1 saturated heterocycles. The molecule has 5 aromatic carbocycles. The van der Waals surface area contributed by atoms with Crippen LogP contribution in [0.5, 0.6) is 11.5 Å². The van der Waals surface area contributed by atoms with E-state index in [4.69, 9.17) is 23.4 Å². The highest BCUT2D eigenvalue weighted by atomic mass is 28.4. The molecule has 5 aromatic rings. The number of hydrogen-bond acceptors (Lipinski definition) is 10. The normalized spacial score (nSPS) is 14.9. The monoisotopic (exact) mass is 1100 g/mol. The molecule has 0 aromatic heterocycles. The van der Waals surface area contributed by atoms with Crippen molar-refractivity contribution in [1.82, 2.24) is 26.2 Å². The summed E-state index contributed by atoms with van der Waals surface area (Å²) < 4.78 is 31.0. The van der Waals surface area contributed by atoms with Crippen LogP contribution in [-0.4, -0.2) is 99.2 Å². The zero-order chi connectivity index (χ0) is 57.2. The summed E-state index contributed by atoms with van der Waals surface area (Å²) in [6.45, 7) is 21.9. The van der Waals surface area contributed by atoms with Crippen LogP contribution in [0.2, 0.25) is 18.1 Å². The van der Waals surface area contributed by atoms with Crippen LogP contribution in [0.1, 0.15) is 89.6 Å². The Bertz CT molecular complexity index is 2710. The first-order valence-corrected chi connectivity index (χ1v) is 30.4. The minimum atomic E-state index is -2.68. The number of alkyl carbamates (subject to hydrolysis) is 1. The van der Waals surface area contributed by atoms with Crippen molar-refractivity contribution in [3.05, 3.63) is 167 Å². The zero-order valence-corrected chi connectivity index (χ0v) is 48.8. The van der Waals surface area contributed by atoms with Crippen LogP contribution >= 0.6 is 0 Å². The maximum atomic E-state index is 15.4. The number of carbonyl (C=O) groups excluding carboxylic acids is 5. The maximum absolute atomic E-state index is 15.4. The van der Waals surface area contributed by atoms with Crippen LogP contribution in [-0.2, 0) is 60.8 Å². The molecular weight excluding hydrogens is 1010 g/mol. The van der Waals surface area contributed by atoms with Gasteiger partial charge in [0, 0.05) is 25.4 Å². The highest BCUT2D eigenvalue weighted by Gasteiger charge is 2.43. The Labute approximate surface area is 469 Å². The van der Waals surface area contributed by atoms with Crippen molar-refractivity contribution in [3.63, 3.8) is 0 Å². The minimum Gasteiger partial charge on any atom is -0.489 e. The third-order valence-electron chi connectivity index (χ3n) is 14.3. The van der Waals surface area contributed by atoms with Crippen molar-refractivity contribution in [2.24, 2.45) is 11.8 Å². The fraction of sp³-hybridized carbons (Fsp3) is 0.444. The topological polar surface area (TPSA) is 183 Å². The van der Waals surface area contributed by atoms with Crippen LogP contribution in [0.25, 0.3) is 0 Å². The number of morpholine rings is 1. The Hall–Kier alpha value is -7.01. The summed E-state index contributed by atoms with van der Waals surface area (Å²) in [5, 5.41) is 11.4. The van der Waals surface area contributed by atoms with E-state index in [9.17, 15) is 19.2 Å². The number of nitrogens with one attached hydrogen (secondary N) is 4. The van der Waals surface area contributed by atoms with E-state index in [0.29, 0.717) is 57.4 Å². The van der Waals surface area contributed by atoms with E-state index in [2.05, 4.69) is 55.1 Å². The molecule has 16 heteroatoms. The van der Waals surface area contributed by atoms with Gasteiger partial charge in [0.1, 0.15) is 42.4 Å². The van der Waals surface area contributed by atoms with Crippen molar-refractivity contribution in [1.29, 1.82) is 0 Å². The predicted molar refractivity (Wildman–Crippen MR) is 310 cm³/mol. The second-order valence-electron chi connectivity index (χ2n) is 23.2. The molecule has 0 spiro atoms. The Morgan fingerprint density at radius 2 is 1.06 bits per heavy atom. The molecule has 424 valence electrons. The largest absolute Gasteiger partial charge is 0.489 e. The van der Waals surface area contributed by atoms with E-state index >= 15 is 4.79 Å². The molecule has 0 radical (unpaired) electrons. The molecule has 1 fully saturated rings. The Morgan fingerprint density at radius 3 is 1.54 bits per heavy atom. The number of rotatable bonds is 24. The minimum absolute atomic E-state index is 0.0865. The molecular formula is C63H83N5O10Si. The van der Waals surface area contributed by atoms with Crippen LogP contribution < -0.4 is 30.7 Å². The molecule has 0 saturated carbocycles. The van der Waals surface area contributed by atoms with Gasteiger partial charge in [-0.1, -0.05) is 150 Å². The lowest BCUT2D eigenvalue weighted by Crippen LogP contribution is -2.59. The number of imide groups is 1. The average molecular weight is 1100 g/mol. The summed E-state index contributed by atoms with van der Waals surface area (Å²) >= 11 is 0. The molecule has 1 aliphatic rings. The molecule has 5 unspecified atom stereocenters. The number of hydrogen-bond donors (Lipinski definition) is 4. The molecule has 0 bridgehead atoms. The molecule has 15 nitrogen and oxygen atoms in total. The second-order valence-corrected chi connectivity index (χ2v) is 28.0. The lowest BCUT2D eigenvalue weighted by atomic mass is 9.88. The van der Waals surface area contributed by atoms with Gasteiger partial charge in [-0.25, -0.2) is 9.59 Å². The van der Waals surface area contributed by atoms with Crippen molar-refractivity contribution < 1.29 is 47.3 Å². The van der Waals surface area contributed by atoms with Gasteiger partial charge in [-0.15, -0.1) is 0 Å². The lowest BCUT2D eigenvalue weighted by Gasteiger charge is -2.42.